The Morgan fingerprint density at radius 1 is 1.42 bits per heavy atom. The summed E-state index contributed by atoms with van der Waals surface area (Å²) < 4.78 is 9.73. The van der Waals surface area contributed by atoms with Gasteiger partial charge in [-0.1, -0.05) is 0 Å². The van der Waals surface area contributed by atoms with E-state index in [1.807, 2.05) is 4.90 Å². The second kappa shape index (κ2) is 9.17. The van der Waals surface area contributed by atoms with Gasteiger partial charge in [-0.3, -0.25) is 9.59 Å². The molecule has 1 aliphatic heterocycles. The molecule has 0 bridgehead atoms. The number of carbonyl (C=O) groups is 2. The quantitative estimate of drug-likeness (QED) is 0.519. The van der Waals surface area contributed by atoms with Crippen LogP contribution in [-0.2, 0) is 19.1 Å². The third kappa shape index (κ3) is 6.26. The molecule has 0 radical (unpaired) electrons. The van der Waals surface area contributed by atoms with E-state index in [0.29, 0.717) is 38.5 Å². The predicted octanol–water partition coefficient (Wildman–Crippen LogP) is -0.141. The minimum atomic E-state index is -0.579. The zero-order valence-corrected chi connectivity index (χ0v) is 12.1. The van der Waals surface area contributed by atoms with Crippen molar-refractivity contribution >= 4 is 23.6 Å². The van der Waals surface area contributed by atoms with Crippen LogP contribution < -0.4 is 5.73 Å². The monoisotopic (exact) mass is 290 g/mol. The summed E-state index contributed by atoms with van der Waals surface area (Å²) in [6.07, 6.45) is 1.34. The van der Waals surface area contributed by atoms with Gasteiger partial charge < -0.3 is 20.1 Å². The van der Waals surface area contributed by atoms with Crippen LogP contribution in [0.2, 0.25) is 0 Å². The first kappa shape index (κ1) is 16.3. The first-order valence-corrected chi connectivity index (χ1v) is 7.57. The maximum Gasteiger partial charge on any atom is 0.323 e. The van der Waals surface area contributed by atoms with Gasteiger partial charge in [-0.25, -0.2) is 0 Å². The van der Waals surface area contributed by atoms with Crippen LogP contribution in [-0.4, -0.2) is 67.7 Å². The minimum absolute atomic E-state index is 0.182. The van der Waals surface area contributed by atoms with Crippen LogP contribution in [0.5, 0.6) is 0 Å². The molecule has 1 heterocycles. The fourth-order valence-corrected chi connectivity index (χ4v) is 2.63. The number of nitrogens with two attached hydrogens (primary N) is 1. The number of ether oxygens (including phenoxy) is 2. The van der Waals surface area contributed by atoms with Crippen molar-refractivity contribution in [1.82, 2.24) is 4.90 Å². The maximum atomic E-state index is 11.8. The number of esters is 1. The van der Waals surface area contributed by atoms with Crippen LogP contribution in [0.15, 0.2) is 0 Å². The molecule has 1 atom stereocenters. The minimum Gasteiger partial charge on any atom is -0.468 e. The number of nitrogens with zero attached hydrogens (tertiary/aromatic N) is 1. The lowest BCUT2D eigenvalue weighted by molar-refractivity contribution is -0.141. The fourth-order valence-electron chi connectivity index (χ4n) is 1.73. The molecule has 1 saturated heterocycles. The number of carbonyl (C=O) groups excluding carboxylic acids is 2. The number of thioether (sulfide) groups is 1. The summed E-state index contributed by atoms with van der Waals surface area (Å²) in [5, 5.41) is 0. The van der Waals surface area contributed by atoms with Gasteiger partial charge in [-0.15, -0.1) is 0 Å². The molecule has 0 saturated carbocycles. The molecular formula is C12H22N2O4S. The lowest BCUT2D eigenvalue weighted by Crippen LogP contribution is -2.40. The number of rotatable bonds is 7. The van der Waals surface area contributed by atoms with Crippen molar-refractivity contribution in [2.24, 2.45) is 5.73 Å². The molecular weight excluding hydrogens is 268 g/mol. The summed E-state index contributed by atoms with van der Waals surface area (Å²) in [5.41, 5.74) is 5.60. The standard InChI is InChI=1S/C12H22N2O4S/c1-17-12(16)10(13)9-19-8-2-3-11(15)14-4-6-18-7-5-14/h10H,2-9,13H2,1H3. The first-order chi connectivity index (χ1) is 9.15. The van der Waals surface area contributed by atoms with Crippen molar-refractivity contribution in [2.45, 2.75) is 18.9 Å². The van der Waals surface area contributed by atoms with Crippen molar-refractivity contribution in [1.29, 1.82) is 0 Å². The molecule has 2 N–H and O–H groups in total. The summed E-state index contributed by atoms with van der Waals surface area (Å²) in [6, 6.07) is -0.579. The molecule has 0 aliphatic carbocycles. The summed E-state index contributed by atoms with van der Waals surface area (Å²) >= 11 is 1.57. The van der Waals surface area contributed by atoms with Crippen molar-refractivity contribution in [3.8, 4) is 0 Å². The van der Waals surface area contributed by atoms with Crippen LogP contribution >= 0.6 is 11.8 Å². The highest BCUT2D eigenvalue weighted by molar-refractivity contribution is 7.99. The van der Waals surface area contributed by atoms with E-state index in [0.717, 1.165) is 12.2 Å². The van der Waals surface area contributed by atoms with E-state index >= 15 is 0 Å². The molecule has 1 unspecified atom stereocenters. The van der Waals surface area contributed by atoms with E-state index in [2.05, 4.69) is 4.74 Å². The molecule has 6 nitrogen and oxygen atoms in total. The normalized spacial score (nSPS) is 17.1. The smallest absolute Gasteiger partial charge is 0.323 e. The highest BCUT2D eigenvalue weighted by Gasteiger charge is 2.16. The molecule has 1 fully saturated rings. The van der Waals surface area contributed by atoms with Crippen molar-refractivity contribution in [3.05, 3.63) is 0 Å². The molecule has 0 aromatic heterocycles. The number of amides is 1. The Bertz CT molecular complexity index is 295. The number of hydrogen-bond donors (Lipinski definition) is 1. The second-order valence-electron chi connectivity index (χ2n) is 4.30. The molecule has 110 valence electrons. The topological polar surface area (TPSA) is 81.9 Å². The summed E-state index contributed by atoms with van der Waals surface area (Å²) in [5.74, 6) is 1.14. The van der Waals surface area contributed by atoms with Crippen molar-refractivity contribution in [2.75, 3.05) is 44.9 Å². The summed E-state index contributed by atoms with van der Waals surface area (Å²) in [7, 11) is 1.33. The number of morpholine rings is 1. The Hall–Kier alpha value is -0.790. The molecule has 7 heteroatoms. The molecule has 1 rings (SSSR count). The van der Waals surface area contributed by atoms with Crippen LogP contribution in [0, 0.1) is 0 Å². The Balaban J connectivity index is 2.04. The Morgan fingerprint density at radius 3 is 2.74 bits per heavy atom. The lowest BCUT2D eigenvalue weighted by atomic mass is 10.3. The highest BCUT2D eigenvalue weighted by atomic mass is 32.2. The lowest BCUT2D eigenvalue weighted by Gasteiger charge is -2.26. The van der Waals surface area contributed by atoms with Gasteiger partial charge >= 0.3 is 5.97 Å². The molecule has 0 aromatic rings. The average molecular weight is 290 g/mol. The molecule has 0 spiro atoms. The van der Waals surface area contributed by atoms with Crippen LogP contribution in [0.4, 0.5) is 0 Å². The molecule has 1 amide bonds. The van der Waals surface area contributed by atoms with Crippen LogP contribution in [0.25, 0.3) is 0 Å². The third-order valence-electron chi connectivity index (χ3n) is 2.84. The van der Waals surface area contributed by atoms with Gasteiger partial charge in [0.05, 0.1) is 20.3 Å². The first-order valence-electron chi connectivity index (χ1n) is 6.42. The van der Waals surface area contributed by atoms with Gasteiger partial charge in [0.2, 0.25) is 5.91 Å². The second-order valence-corrected chi connectivity index (χ2v) is 5.45. The summed E-state index contributed by atoms with van der Waals surface area (Å²) in [6.45, 7) is 2.65. The van der Waals surface area contributed by atoms with Gasteiger partial charge in [-0.2, -0.15) is 11.8 Å². The van der Waals surface area contributed by atoms with E-state index in [-0.39, 0.29) is 5.91 Å². The van der Waals surface area contributed by atoms with E-state index in [1.54, 1.807) is 11.8 Å². The average Bonchev–Trinajstić information content (AvgIpc) is 2.46. The van der Waals surface area contributed by atoms with E-state index in [1.165, 1.54) is 7.11 Å². The molecule has 19 heavy (non-hydrogen) atoms. The Kier molecular flexibility index (Phi) is 7.85. The molecule has 0 aromatic carbocycles. The zero-order valence-electron chi connectivity index (χ0n) is 11.3. The SMILES string of the molecule is COC(=O)C(N)CSCCCC(=O)N1CCOCC1. The summed E-state index contributed by atoms with van der Waals surface area (Å²) in [4.78, 5) is 24.7. The fraction of sp³-hybridized carbons (Fsp3) is 0.833. The number of hydrogen-bond acceptors (Lipinski definition) is 6. The Morgan fingerprint density at radius 2 is 2.11 bits per heavy atom. The zero-order chi connectivity index (χ0) is 14.1. The highest BCUT2D eigenvalue weighted by Crippen LogP contribution is 2.09. The van der Waals surface area contributed by atoms with Gasteiger partial charge in [0.15, 0.2) is 0 Å². The van der Waals surface area contributed by atoms with Crippen molar-refractivity contribution < 1.29 is 19.1 Å². The van der Waals surface area contributed by atoms with Crippen LogP contribution in [0.3, 0.4) is 0 Å². The van der Waals surface area contributed by atoms with Crippen LogP contribution in [0.1, 0.15) is 12.8 Å². The van der Waals surface area contributed by atoms with Gasteiger partial charge in [0.1, 0.15) is 6.04 Å². The number of methoxy groups -OCH3 is 1. The largest absolute Gasteiger partial charge is 0.468 e. The Labute approximate surface area is 118 Å². The van der Waals surface area contributed by atoms with Gasteiger partial charge in [-0.05, 0) is 12.2 Å². The van der Waals surface area contributed by atoms with Gasteiger partial charge in [0, 0.05) is 25.3 Å². The molecule has 1 aliphatic rings. The van der Waals surface area contributed by atoms with E-state index in [9.17, 15) is 9.59 Å². The van der Waals surface area contributed by atoms with E-state index in [4.69, 9.17) is 10.5 Å². The third-order valence-corrected chi connectivity index (χ3v) is 4.02. The maximum absolute atomic E-state index is 11.8. The predicted molar refractivity (Wildman–Crippen MR) is 73.9 cm³/mol. The van der Waals surface area contributed by atoms with E-state index < -0.39 is 12.0 Å². The van der Waals surface area contributed by atoms with Gasteiger partial charge in [0.25, 0.3) is 0 Å². The van der Waals surface area contributed by atoms with Crippen molar-refractivity contribution in [3.63, 3.8) is 0 Å².